The molecule has 4 rings (SSSR count). The lowest BCUT2D eigenvalue weighted by molar-refractivity contribution is -0.162. The lowest BCUT2D eigenvalue weighted by atomic mass is 9.85. The minimum absolute atomic E-state index is 0.0728. The van der Waals surface area contributed by atoms with Crippen molar-refractivity contribution in [1.29, 1.82) is 0 Å². The zero-order chi connectivity index (χ0) is 22.4. The summed E-state index contributed by atoms with van der Waals surface area (Å²) in [5.41, 5.74) is 2.55. The van der Waals surface area contributed by atoms with Crippen LogP contribution in [0.1, 0.15) is 31.4 Å². The van der Waals surface area contributed by atoms with Gasteiger partial charge in [-0.15, -0.1) is 0 Å². The minimum atomic E-state index is -1.03. The first-order valence-electron chi connectivity index (χ1n) is 10.8. The van der Waals surface area contributed by atoms with Gasteiger partial charge in [0.15, 0.2) is 6.61 Å². The van der Waals surface area contributed by atoms with Crippen LogP contribution < -0.4 is 5.32 Å². The Kier molecular flexibility index (Phi) is 5.45. The van der Waals surface area contributed by atoms with E-state index in [4.69, 9.17) is 4.74 Å². The van der Waals surface area contributed by atoms with Crippen LogP contribution in [-0.2, 0) is 23.9 Å². The van der Waals surface area contributed by atoms with Crippen molar-refractivity contribution in [2.24, 2.45) is 29.6 Å². The van der Waals surface area contributed by atoms with Crippen LogP contribution in [0, 0.1) is 43.4 Å². The van der Waals surface area contributed by atoms with Crippen LogP contribution in [0.15, 0.2) is 30.4 Å². The van der Waals surface area contributed by atoms with Crippen LogP contribution in [0.25, 0.3) is 0 Å². The molecule has 5 atom stereocenters. The highest BCUT2D eigenvalue weighted by atomic mass is 16.5. The van der Waals surface area contributed by atoms with E-state index in [0.717, 1.165) is 22.4 Å². The summed E-state index contributed by atoms with van der Waals surface area (Å²) < 4.78 is 5.26. The standard InChI is InChI=1S/C24H28N2O5/c1-12(2)21(26-22(28)19-15-7-8-16(10-15)20(19)23(26)29)24(30)31-11-18(27)25-17-9-13(3)5-6-14(17)4/h5-9,12,15-16,19-21H,10-11H2,1-4H3,(H,25,27)/t15-,16-,19-,20-,21-/m0/s1. The molecule has 2 fully saturated rings. The number of anilines is 1. The molecule has 1 aromatic carbocycles. The highest BCUT2D eigenvalue weighted by Crippen LogP contribution is 2.53. The third kappa shape index (κ3) is 3.66. The van der Waals surface area contributed by atoms with E-state index in [2.05, 4.69) is 5.32 Å². The number of carbonyl (C=O) groups excluding carboxylic acids is 4. The van der Waals surface area contributed by atoms with Crippen molar-refractivity contribution in [3.63, 3.8) is 0 Å². The maximum Gasteiger partial charge on any atom is 0.330 e. The minimum Gasteiger partial charge on any atom is -0.454 e. The maximum absolute atomic E-state index is 13.1. The van der Waals surface area contributed by atoms with Crippen LogP contribution in [0.5, 0.6) is 0 Å². The van der Waals surface area contributed by atoms with Gasteiger partial charge in [0.05, 0.1) is 11.8 Å². The van der Waals surface area contributed by atoms with Gasteiger partial charge in [0.25, 0.3) is 5.91 Å². The highest BCUT2D eigenvalue weighted by molar-refractivity contribution is 6.09. The lowest BCUT2D eigenvalue weighted by Gasteiger charge is -2.28. The number of hydrogen-bond donors (Lipinski definition) is 1. The zero-order valence-corrected chi connectivity index (χ0v) is 18.3. The molecule has 0 aromatic heterocycles. The molecule has 0 radical (unpaired) electrons. The molecular formula is C24H28N2O5. The van der Waals surface area contributed by atoms with Gasteiger partial charge >= 0.3 is 5.97 Å². The van der Waals surface area contributed by atoms with Gasteiger partial charge in [0.2, 0.25) is 11.8 Å². The van der Waals surface area contributed by atoms with Gasteiger partial charge in [-0.25, -0.2) is 4.79 Å². The SMILES string of the molecule is Cc1ccc(C)c(NC(=O)COC(=O)[C@H](C(C)C)N2C(=O)[C@@H]3[C@@H](C2=O)[C@H]2C=C[C@H]3C2)c1. The summed E-state index contributed by atoms with van der Waals surface area (Å²) in [6, 6.07) is 4.65. The van der Waals surface area contributed by atoms with E-state index in [0.29, 0.717) is 5.69 Å². The molecule has 7 heteroatoms. The Labute approximate surface area is 181 Å². The number of nitrogens with one attached hydrogen (secondary N) is 1. The number of aryl methyl sites for hydroxylation is 2. The van der Waals surface area contributed by atoms with E-state index >= 15 is 0 Å². The number of hydrogen-bond acceptors (Lipinski definition) is 5. The van der Waals surface area contributed by atoms with Crippen LogP contribution in [0.4, 0.5) is 5.69 Å². The summed E-state index contributed by atoms with van der Waals surface area (Å²) >= 11 is 0. The predicted octanol–water partition coefficient (Wildman–Crippen LogP) is 2.62. The van der Waals surface area contributed by atoms with Crippen molar-refractivity contribution in [3.8, 4) is 0 Å². The van der Waals surface area contributed by atoms with Crippen molar-refractivity contribution in [1.82, 2.24) is 4.90 Å². The van der Waals surface area contributed by atoms with Crippen LogP contribution >= 0.6 is 0 Å². The molecule has 2 bridgehead atoms. The topological polar surface area (TPSA) is 92.8 Å². The number of benzene rings is 1. The Bertz CT molecular complexity index is 952. The second kappa shape index (κ2) is 7.94. The van der Waals surface area contributed by atoms with E-state index in [9.17, 15) is 19.2 Å². The summed E-state index contributed by atoms with van der Waals surface area (Å²) in [5.74, 6) is -2.70. The lowest BCUT2D eigenvalue weighted by Crippen LogP contribution is -2.50. The van der Waals surface area contributed by atoms with Crippen molar-refractivity contribution in [3.05, 3.63) is 41.5 Å². The molecule has 7 nitrogen and oxygen atoms in total. The van der Waals surface area contributed by atoms with Gasteiger partial charge in [0, 0.05) is 5.69 Å². The molecule has 31 heavy (non-hydrogen) atoms. The van der Waals surface area contributed by atoms with Crippen molar-refractivity contribution in [2.75, 3.05) is 11.9 Å². The molecule has 1 saturated heterocycles. The number of imide groups is 1. The summed E-state index contributed by atoms with van der Waals surface area (Å²) in [6.07, 6.45) is 4.86. The fourth-order valence-corrected chi connectivity index (χ4v) is 5.15. The van der Waals surface area contributed by atoms with Gasteiger partial charge in [-0.05, 0) is 55.2 Å². The van der Waals surface area contributed by atoms with Gasteiger partial charge in [-0.1, -0.05) is 38.1 Å². The monoisotopic (exact) mass is 424 g/mol. The van der Waals surface area contributed by atoms with E-state index in [1.165, 1.54) is 0 Å². The third-order valence-electron chi connectivity index (χ3n) is 6.67. The van der Waals surface area contributed by atoms with Gasteiger partial charge in [0.1, 0.15) is 6.04 Å². The van der Waals surface area contributed by atoms with Gasteiger partial charge in [-0.3, -0.25) is 19.3 Å². The third-order valence-corrected chi connectivity index (χ3v) is 6.67. The quantitative estimate of drug-likeness (QED) is 0.431. The number of nitrogens with zero attached hydrogens (tertiary/aromatic N) is 1. The number of fused-ring (bicyclic) bond motifs is 5. The average Bonchev–Trinajstić information content (AvgIpc) is 3.39. The molecule has 3 aliphatic rings. The zero-order valence-electron chi connectivity index (χ0n) is 18.3. The normalized spacial score (nSPS) is 27.1. The first-order chi connectivity index (χ1) is 14.7. The Morgan fingerprint density at radius 2 is 1.71 bits per heavy atom. The fourth-order valence-electron chi connectivity index (χ4n) is 5.15. The molecular weight excluding hydrogens is 396 g/mol. The number of amides is 3. The number of allylic oxidation sites excluding steroid dienone is 2. The molecule has 1 aromatic rings. The Morgan fingerprint density at radius 3 is 2.29 bits per heavy atom. The van der Waals surface area contributed by atoms with E-state index < -0.39 is 24.5 Å². The van der Waals surface area contributed by atoms with Crippen molar-refractivity contribution >= 4 is 29.4 Å². The van der Waals surface area contributed by atoms with Gasteiger partial charge in [-0.2, -0.15) is 0 Å². The second-order valence-corrected chi connectivity index (χ2v) is 9.21. The average molecular weight is 424 g/mol. The number of ether oxygens (including phenoxy) is 1. The molecule has 2 aliphatic carbocycles. The van der Waals surface area contributed by atoms with Gasteiger partial charge < -0.3 is 10.1 Å². The molecule has 1 N–H and O–H groups in total. The Morgan fingerprint density at radius 1 is 1.10 bits per heavy atom. The smallest absolute Gasteiger partial charge is 0.330 e. The van der Waals surface area contributed by atoms with E-state index in [1.807, 2.05) is 44.2 Å². The molecule has 164 valence electrons. The van der Waals surface area contributed by atoms with E-state index in [1.54, 1.807) is 13.8 Å². The Balaban J connectivity index is 1.43. The first kappa shape index (κ1) is 21.3. The summed E-state index contributed by atoms with van der Waals surface area (Å²) in [6.45, 7) is 6.85. The predicted molar refractivity (Wildman–Crippen MR) is 114 cm³/mol. The summed E-state index contributed by atoms with van der Waals surface area (Å²) in [5, 5.41) is 2.74. The second-order valence-electron chi connectivity index (χ2n) is 9.21. The maximum atomic E-state index is 13.1. The molecule has 1 saturated carbocycles. The summed E-state index contributed by atoms with van der Waals surface area (Å²) in [4.78, 5) is 52.5. The number of likely N-dealkylation sites (tertiary alicyclic amines) is 1. The molecule has 0 spiro atoms. The molecule has 1 aliphatic heterocycles. The van der Waals surface area contributed by atoms with Crippen LogP contribution in [0.3, 0.4) is 0 Å². The molecule has 3 amide bonds. The largest absolute Gasteiger partial charge is 0.454 e. The van der Waals surface area contributed by atoms with Crippen molar-refractivity contribution < 1.29 is 23.9 Å². The number of esters is 1. The fraction of sp³-hybridized carbons (Fsp3) is 0.500. The first-order valence-corrected chi connectivity index (χ1v) is 10.8. The van der Waals surface area contributed by atoms with Crippen LogP contribution in [-0.4, -0.2) is 41.2 Å². The molecule has 1 heterocycles. The highest BCUT2D eigenvalue weighted by Gasteiger charge is 2.61. The molecule has 0 unspecified atom stereocenters. The van der Waals surface area contributed by atoms with E-state index in [-0.39, 0.29) is 41.4 Å². The van der Waals surface area contributed by atoms with Crippen LogP contribution in [0.2, 0.25) is 0 Å². The summed E-state index contributed by atoms with van der Waals surface area (Å²) in [7, 11) is 0. The van der Waals surface area contributed by atoms with Crippen molar-refractivity contribution in [2.45, 2.75) is 40.2 Å². The number of carbonyl (C=O) groups is 4. The Hall–Kier alpha value is -2.96. The number of rotatable bonds is 6.